The molecule has 0 saturated heterocycles. The molecule has 0 bridgehead atoms. The van der Waals surface area contributed by atoms with Crippen LogP contribution in [0.15, 0.2) is 24.3 Å². The number of nitrogen functional groups attached to an aromatic ring is 1. The molecule has 3 aromatic rings. The summed E-state index contributed by atoms with van der Waals surface area (Å²) in [7, 11) is 0. The molecular formula is C21H33N5O2. The van der Waals surface area contributed by atoms with E-state index < -0.39 is 5.60 Å². The molecule has 7 heteroatoms. The number of anilines is 1. The molecule has 1 aromatic carbocycles. The van der Waals surface area contributed by atoms with Crippen LogP contribution in [0.2, 0.25) is 0 Å². The summed E-state index contributed by atoms with van der Waals surface area (Å²) in [6.07, 6.45) is 0. The zero-order valence-electron chi connectivity index (χ0n) is 17.7. The first-order valence-electron chi connectivity index (χ1n) is 9.92. The van der Waals surface area contributed by atoms with Gasteiger partial charge in [-0.25, -0.2) is 9.97 Å². The third-order valence-corrected chi connectivity index (χ3v) is 4.27. The summed E-state index contributed by atoms with van der Waals surface area (Å²) in [6.45, 7) is 12.7. The lowest BCUT2D eigenvalue weighted by Gasteiger charge is -2.27. The Hall–Kier alpha value is -2.22. The Bertz CT molecular complexity index is 905. The first-order valence-corrected chi connectivity index (χ1v) is 9.92. The Kier molecular flexibility index (Phi) is 7.74. The number of nitrogens with two attached hydrogens (primary N) is 2. The highest BCUT2D eigenvalue weighted by Gasteiger charge is 2.24. The standard InChI is InChI=1S/C19H27N5O2.C2H6/c1-4-25-11-15-23-16-17(24(15)12-19(2,3)26-10-9-20)13-7-5-6-8-14(13)22-18(16)21;1-2/h5-8H,4,9-12,20H2,1-3H3,(H2,21,22);1-2H3. The molecule has 154 valence electrons. The van der Waals surface area contributed by atoms with E-state index in [1.807, 2.05) is 58.9 Å². The van der Waals surface area contributed by atoms with Crippen LogP contribution in [0, 0.1) is 0 Å². The van der Waals surface area contributed by atoms with Crippen molar-refractivity contribution in [2.24, 2.45) is 5.73 Å². The van der Waals surface area contributed by atoms with E-state index in [0.29, 0.717) is 44.2 Å². The lowest BCUT2D eigenvalue weighted by molar-refractivity contribution is -0.0258. The van der Waals surface area contributed by atoms with Gasteiger partial charge in [0, 0.05) is 18.5 Å². The fourth-order valence-corrected chi connectivity index (χ4v) is 3.14. The first kappa shape index (κ1) is 22.1. The SMILES string of the molecule is CC.CCOCc1nc2c(N)nc3ccccc3c2n1CC(C)(C)OCCN. The number of pyridine rings is 1. The lowest BCUT2D eigenvalue weighted by atomic mass is 10.1. The molecule has 0 aliphatic heterocycles. The van der Waals surface area contributed by atoms with E-state index in [-0.39, 0.29) is 0 Å². The Morgan fingerprint density at radius 1 is 1.14 bits per heavy atom. The molecule has 2 heterocycles. The summed E-state index contributed by atoms with van der Waals surface area (Å²) in [4.78, 5) is 9.23. The Labute approximate surface area is 167 Å². The van der Waals surface area contributed by atoms with Crippen LogP contribution in [0.25, 0.3) is 21.9 Å². The molecule has 0 radical (unpaired) electrons. The number of para-hydroxylation sites is 1. The molecule has 0 saturated carbocycles. The van der Waals surface area contributed by atoms with Gasteiger partial charge in [-0.1, -0.05) is 32.0 Å². The number of ether oxygens (including phenoxy) is 2. The second-order valence-corrected chi connectivity index (χ2v) is 6.86. The topological polar surface area (TPSA) is 101 Å². The van der Waals surface area contributed by atoms with E-state index in [0.717, 1.165) is 22.2 Å². The second kappa shape index (κ2) is 9.82. The summed E-state index contributed by atoms with van der Waals surface area (Å²) in [5, 5.41) is 1.02. The number of imidazole rings is 1. The zero-order chi connectivity index (χ0) is 20.7. The molecule has 0 aliphatic carbocycles. The van der Waals surface area contributed by atoms with Gasteiger partial charge in [-0.15, -0.1) is 0 Å². The van der Waals surface area contributed by atoms with E-state index in [9.17, 15) is 0 Å². The van der Waals surface area contributed by atoms with Crippen LogP contribution >= 0.6 is 0 Å². The largest absolute Gasteiger partial charge is 0.382 e. The summed E-state index contributed by atoms with van der Waals surface area (Å²) in [5.74, 6) is 1.24. The minimum absolute atomic E-state index is 0.409. The Balaban J connectivity index is 0.00000136. The van der Waals surface area contributed by atoms with Gasteiger partial charge in [0.05, 0.1) is 29.8 Å². The van der Waals surface area contributed by atoms with Crippen molar-refractivity contribution in [1.29, 1.82) is 0 Å². The minimum Gasteiger partial charge on any atom is -0.382 e. The van der Waals surface area contributed by atoms with Crippen molar-refractivity contribution >= 4 is 27.8 Å². The highest BCUT2D eigenvalue weighted by Crippen LogP contribution is 2.30. The molecule has 4 N–H and O–H groups in total. The van der Waals surface area contributed by atoms with Crippen molar-refractivity contribution in [3.05, 3.63) is 30.1 Å². The van der Waals surface area contributed by atoms with Crippen LogP contribution in [0.5, 0.6) is 0 Å². The molecular weight excluding hydrogens is 354 g/mol. The Morgan fingerprint density at radius 2 is 1.86 bits per heavy atom. The quantitative estimate of drug-likeness (QED) is 0.613. The molecule has 0 aliphatic rings. The number of rotatable bonds is 8. The van der Waals surface area contributed by atoms with Crippen molar-refractivity contribution in [3.63, 3.8) is 0 Å². The number of fused-ring (bicyclic) bond motifs is 3. The molecule has 28 heavy (non-hydrogen) atoms. The monoisotopic (exact) mass is 387 g/mol. The second-order valence-electron chi connectivity index (χ2n) is 6.86. The van der Waals surface area contributed by atoms with E-state index in [1.165, 1.54) is 0 Å². The van der Waals surface area contributed by atoms with E-state index in [4.69, 9.17) is 25.9 Å². The third-order valence-electron chi connectivity index (χ3n) is 4.27. The van der Waals surface area contributed by atoms with Gasteiger partial charge >= 0.3 is 0 Å². The molecule has 0 spiro atoms. The normalized spacial score (nSPS) is 11.6. The molecule has 0 amide bonds. The summed E-state index contributed by atoms with van der Waals surface area (Å²) < 4.78 is 13.7. The number of hydrogen-bond acceptors (Lipinski definition) is 6. The van der Waals surface area contributed by atoms with E-state index in [2.05, 4.69) is 9.55 Å². The number of aromatic nitrogens is 3. The predicted molar refractivity (Wildman–Crippen MR) is 115 cm³/mol. The van der Waals surface area contributed by atoms with Crippen LogP contribution in [-0.2, 0) is 22.6 Å². The fourth-order valence-electron chi connectivity index (χ4n) is 3.14. The van der Waals surface area contributed by atoms with Gasteiger partial charge in [-0.05, 0) is 26.8 Å². The maximum Gasteiger partial charge on any atom is 0.152 e. The molecule has 2 aromatic heterocycles. The third kappa shape index (κ3) is 4.79. The van der Waals surface area contributed by atoms with Crippen LogP contribution in [0.3, 0.4) is 0 Å². The van der Waals surface area contributed by atoms with Crippen LogP contribution in [-0.4, -0.2) is 39.9 Å². The molecule has 0 unspecified atom stereocenters. The van der Waals surface area contributed by atoms with E-state index in [1.54, 1.807) is 0 Å². The summed E-state index contributed by atoms with van der Waals surface area (Å²) >= 11 is 0. The van der Waals surface area contributed by atoms with Crippen molar-refractivity contribution in [2.75, 3.05) is 25.5 Å². The van der Waals surface area contributed by atoms with Gasteiger partial charge in [0.1, 0.15) is 17.9 Å². The molecule has 0 fully saturated rings. The first-order chi connectivity index (χ1) is 13.5. The minimum atomic E-state index is -0.410. The van der Waals surface area contributed by atoms with Crippen LogP contribution in [0.1, 0.15) is 40.4 Å². The Morgan fingerprint density at radius 3 is 2.54 bits per heavy atom. The van der Waals surface area contributed by atoms with Crippen molar-refractivity contribution < 1.29 is 9.47 Å². The number of nitrogens with zero attached hydrogens (tertiary/aromatic N) is 3. The van der Waals surface area contributed by atoms with Crippen LogP contribution in [0.4, 0.5) is 5.82 Å². The van der Waals surface area contributed by atoms with Gasteiger partial charge in [-0.3, -0.25) is 0 Å². The average Bonchev–Trinajstić information content (AvgIpc) is 3.05. The van der Waals surface area contributed by atoms with E-state index >= 15 is 0 Å². The lowest BCUT2D eigenvalue weighted by Crippen LogP contribution is -2.33. The van der Waals surface area contributed by atoms with Gasteiger partial charge < -0.3 is 25.5 Å². The van der Waals surface area contributed by atoms with Crippen molar-refractivity contribution in [2.45, 2.75) is 53.4 Å². The fraction of sp³-hybridized carbons (Fsp3) is 0.524. The average molecular weight is 388 g/mol. The molecule has 3 rings (SSSR count). The summed E-state index contributed by atoms with van der Waals surface area (Å²) in [5.41, 5.74) is 13.9. The van der Waals surface area contributed by atoms with Crippen molar-refractivity contribution in [3.8, 4) is 0 Å². The summed E-state index contributed by atoms with van der Waals surface area (Å²) in [6, 6.07) is 7.95. The van der Waals surface area contributed by atoms with Gasteiger partial charge in [0.25, 0.3) is 0 Å². The smallest absolute Gasteiger partial charge is 0.152 e. The maximum absolute atomic E-state index is 6.20. The highest BCUT2D eigenvalue weighted by molar-refractivity contribution is 6.06. The number of hydrogen-bond donors (Lipinski definition) is 2. The van der Waals surface area contributed by atoms with Gasteiger partial charge in [0.15, 0.2) is 5.82 Å². The maximum atomic E-state index is 6.20. The zero-order valence-corrected chi connectivity index (χ0v) is 17.7. The van der Waals surface area contributed by atoms with Crippen molar-refractivity contribution in [1.82, 2.24) is 14.5 Å². The van der Waals surface area contributed by atoms with Crippen LogP contribution < -0.4 is 11.5 Å². The molecule has 0 atom stereocenters. The highest BCUT2D eigenvalue weighted by atomic mass is 16.5. The number of benzene rings is 1. The van der Waals surface area contributed by atoms with Gasteiger partial charge in [-0.2, -0.15) is 0 Å². The molecule has 7 nitrogen and oxygen atoms in total. The predicted octanol–water partition coefficient (Wildman–Crippen LogP) is 3.48. The van der Waals surface area contributed by atoms with Gasteiger partial charge in [0.2, 0.25) is 0 Å².